The van der Waals surface area contributed by atoms with Gasteiger partial charge in [0.1, 0.15) is 0 Å². The SMILES string of the molecule is O=CN1CCOC2CCCCCC2C1. The van der Waals surface area contributed by atoms with Gasteiger partial charge in [-0.15, -0.1) is 0 Å². The van der Waals surface area contributed by atoms with Crippen LogP contribution in [-0.2, 0) is 9.53 Å². The maximum Gasteiger partial charge on any atom is 0.209 e. The van der Waals surface area contributed by atoms with Gasteiger partial charge < -0.3 is 9.64 Å². The summed E-state index contributed by atoms with van der Waals surface area (Å²) >= 11 is 0. The van der Waals surface area contributed by atoms with Crippen LogP contribution >= 0.6 is 0 Å². The Morgan fingerprint density at radius 1 is 1.21 bits per heavy atom. The van der Waals surface area contributed by atoms with Crippen LogP contribution in [0, 0.1) is 5.92 Å². The van der Waals surface area contributed by atoms with Gasteiger partial charge in [-0.3, -0.25) is 4.79 Å². The molecule has 0 radical (unpaired) electrons. The number of amides is 1. The molecule has 0 aromatic carbocycles. The number of hydrogen-bond acceptors (Lipinski definition) is 2. The van der Waals surface area contributed by atoms with Crippen molar-refractivity contribution in [2.45, 2.75) is 38.2 Å². The molecule has 0 N–H and O–H groups in total. The van der Waals surface area contributed by atoms with Crippen molar-refractivity contribution < 1.29 is 9.53 Å². The normalized spacial score (nSPS) is 34.1. The Balaban J connectivity index is 1.99. The molecule has 2 atom stereocenters. The maximum absolute atomic E-state index is 10.7. The fraction of sp³-hybridized carbons (Fsp3) is 0.909. The number of hydrogen-bond donors (Lipinski definition) is 0. The third-order valence-electron chi connectivity index (χ3n) is 3.42. The first-order valence-corrected chi connectivity index (χ1v) is 5.71. The van der Waals surface area contributed by atoms with E-state index >= 15 is 0 Å². The Labute approximate surface area is 85.4 Å². The molecule has 0 spiro atoms. The Kier molecular flexibility index (Phi) is 3.40. The second kappa shape index (κ2) is 4.78. The molecule has 1 aliphatic carbocycles. The molecule has 3 heteroatoms. The van der Waals surface area contributed by atoms with E-state index in [0.717, 1.165) is 26.1 Å². The first-order chi connectivity index (χ1) is 6.90. The maximum atomic E-state index is 10.7. The zero-order chi connectivity index (χ0) is 9.80. The Morgan fingerprint density at radius 3 is 2.93 bits per heavy atom. The fourth-order valence-electron chi connectivity index (χ4n) is 2.59. The second-order valence-corrected chi connectivity index (χ2v) is 4.41. The number of ether oxygens (including phenoxy) is 1. The van der Waals surface area contributed by atoms with Crippen molar-refractivity contribution >= 4 is 6.41 Å². The van der Waals surface area contributed by atoms with E-state index < -0.39 is 0 Å². The molecular weight excluding hydrogens is 178 g/mol. The van der Waals surface area contributed by atoms with E-state index in [1.165, 1.54) is 32.1 Å². The van der Waals surface area contributed by atoms with Gasteiger partial charge in [0.2, 0.25) is 6.41 Å². The lowest BCUT2D eigenvalue weighted by Gasteiger charge is -2.23. The number of carbonyl (C=O) groups is 1. The summed E-state index contributed by atoms with van der Waals surface area (Å²) in [6.45, 7) is 2.41. The molecule has 2 rings (SSSR count). The van der Waals surface area contributed by atoms with Crippen molar-refractivity contribution in [1.29, 1.82) is 0 Å². The standard InChI is InChI=1S/C11H19NO2/c13-9-12-6-7-14-11-5-3-1-2-4-10(11)8-12/h9-11H,1-8H2. The highest BCUT2D eigenvalue weighted by Gasteiger charge is 2.28. The Morgan fingerprint density at radius 2 is 2.07 bits per heavy atom. The summed E-state index contributed by atoms with van der Waals surface area (Å²) in [6.07, 6.45) is 7.74. The topological polar surface area (TPSA) is 29.5 Å². The molecule has 1 saturated carbocycles. The molecular formula is C11H19NO2. The molecule has 2 unspecified atom stereocenters. The molecule has 0 bridgehead atoms. The van der Waals surface area contributed by atoms with Crippen molar-refractivity contribution in [3.8, 4) is 0 Å². The molecule has 80 valence electrons. The van der Waals surface area contributed by atoms with E-state index in [4.69, 9.17) is 4.74 Å². The van der Waals surface area contributed by atoms with Crippen LogP contribution < -0.4 is 0 Å². The van der Waals surface area contributed by atoms with Gasteiger partial charge in [0.25, 0.3) is 0 Å². The van der Waals surface area contributed by atoms with Crippen molar-refractivity contribution in [2.24, 2.45) is 5.92 Å². The third-order valence-corrected chi connectivity index (χ3v) is 3.42. The van der Waals surface area contributed by atoms with Gasteiger partial charge in [-0.2, -0.15) is 0 Å². The first kappa shape index (κ1) is 9.97. The van der Waals surface area contributed by atoms with Crippen molar-refractivity contribution in [3.63, 3.8) is 0 Å². The van der Waals surface area contributed by atoms with E-state index in [1.54, 1.807) is 0 Å². The zero-order valence-corrected chi connectivity index (χ0v) is 8.65. The largest absolute Gasteiger partial charge is 0.376 e. The molecule has 1 amide bonds. The molecule has 1 saturated heterocycles. The summed E-state index contributed by atoms with van der Waals surface area (Å²) in [6, 6.07) is 0. The van der Waals surface area contributed by atoms with Crippen LogP contribution in [0.3, 0.4) is 0 Å². The van der Waals surface area contributed by atoms with Crippen molar-refractivity contribution in [3.05, 3.63) is 0 Å². The Bertz CT molecular complexity index is 196. The predicted octanol–water partition coefficient (Wildman–Crippen LogP) is 1.42. The predicted molar refractivity (Wildman–Crippen MR) is 54.0 cm³/mol. The highest BCUT2D eigenvalue weighted by Crippen LogP contribution is 2.27. The summed E-state index contributed by atoms with van der Waals surface area (Å²) in [5.74, 6) is 0.588. The molecule has 0 aromatic heterocycles. The van der Waals surface area contributed by atoms with Gasteiger partial charge in [-0.1, -0.05) is 19.3 Å². The van der Waals surface area contributed by atoms with Gasteiger partial charge in [0.05, 0.1) is 12.7 Å². The van der Waals surface area contributed by atoms with Crippen LogP contribution in [-0.4, -0.2) is 37.1 Å². The summed E-state index contributed by atoms with van der Waals surface area (Å²) in [5.41, 5.74) is 0. The summed E-state index contributed by atoms with van der Waals surface area (Å²) < 4.78 is 5.82. The van der Waals surface area contributed by atoms with Crippen LogP contribution in [0.25, 0.3) is 0 Å². The lowest BCUT2D eigenvalue weighted by Crippen LogP contribution is -2.31. The second-order valence-electron chi connectivity index (χ2n) is 4.41. The quantitative estimate of drug-likeness (QED) is 0.595. The number of nitrogens with zero attached hydrogens (tertiary/aromatic N) is 1. The minimum absolute atomic E-state index is 0.419. The minimum atomic E-state index is 0.419. The molecule has 1 heterocycles. The highest BCUT2D eigenvalue weighted by molar-refractivity contribution is 5.47. The van der Waals surface area contributed by atoms with Crippen LogP contribution in [0.15, 0.2) is 0 Å². The first-order valence-electron chi connectivity index (χ1n) is 5.71. The van der Waals surface area contributed by atoms with Crippen LogP contribution in [0.2, 0.25) is 0 Å². The lowest BCUT2D eigenvalue weighted by atomic mass is 9.97. The minimum Gasteiger partial charge on any atom is -0.376 e. The van der Waals surface area contributed by atoms with Crippen LogP contribution in [0.1, 0.15) is 32.1 Å². The summed E-state index contributed by atoms with van der Waals surface area (Å²) in [5, 5.41) is 0. The smallest absolute Gasteiger partial charge is 0.209 e. The van der Waals surface area contributed by atoms with E-state index in [2.05, 4.69) is 0 Å². The van der Waals surface area contributed by atoms with Gasteiger partial charge in [-0.25, -0.2) is 0 Å². The summed E-state index contributed by atoms with van der Waals surface area (Å²) in [4.78, 5) is 12.6. The average molecular weight is 197 g/mol. The number of fused-ring (bicyclic) bond motifs is 1. The van der Waals surface area contributed by atoms with Gasteiger partial charge in [-0.05, 0) is 12.8 Å². The molecule has 0 aromatic rings. The van der Waals surface area contributed by atoms with E-state index in [0.29, 0.717) is 12.0 Å². The fourth-order valence-corrected chi connectivity index (χ4v) is 2.59. The average Bonchev–Trinajstić information content (AvgIpc) is 2.50. The van der Waals surface area contributed by atoms with E-state index in [9.17, 15) is 4.79 Å². The van der Waals surface area contributed by atoms with E-state index in [1.807, 2.05) is 4.90 Å². The van der Waals surface area contributed by atoms with Gasteiger partial charge >= 0.3 is 0 Å². The molecule has 2 fully saturated rings. The third kappa shape index (κ3) is 2.27. The van der Waals surface area contributed by atoms with Gasteiger partial charge in [0, 0.05) is 19.0 Å². The molecule has 3 nitrogen and oxygen atoms in total. The van der Waals surface area contributed by atoms with Crippen LogP contribution in [0.5, 0.6) is 0 Å². The van der Waals surface area contributed by atoms with Crippen LogP contribution in [0.4, 0.5) is 0 Å². The molecule has 14 heavy (non-hydrogen) atoms. The van der Waals surface area contributed by atoms with Crippen molar-refractivity contribution in [1.82, 2.24) is 4.90 Å². The zero-order valence-electron chi connectivity index (χ0n) is 8.65. The number of rotatable bonds is 1. The Hall–Kier alpha value is -0.570. The number of carbonyl (C=O) groups excluding carboxylic acids is 1. The molecule has 1 aliphatic heterocycles. The monoisotopic (exact) mass is 197 g/mol. The van der Waals surface area contributed by atoms with Crippen molar-refractivity contribution in [2.75, 3.05) is 19.7 Å². The highest BCUT2D eigenvalue weighted by atomic mass is 16.5. The summed E-state index contributed by atoms with van der Waals surface area (Å²) in [7, 11) is 0. The molecule has 2 aliphatic rings. The lowest BCUT2D eigenvalue weighted by molar-refractivity contribution is -0.118. The van der Waals surface area contributed by atoms with E-state index in [-0.39, 0.29) is 0 Å². The van der Waals surface area contributed by atoms with Gasteiger partial charge in [0.15, 0.2) is 0 Å².